The number of carboxylic acids is 1. The molecule has 0 aromatic carbocycles. The number of unbranched alkanes of at least 4 members (excludes halogenated alkanes) is 6. The van der Waals surface area contributed by atoms with Gasteiger partial charge in [-0.3, -0.25) is 0 Å². The summed E-state index contributed by atoms with van der Waals surface area (Å²) in [6.07, 6.45) is 10.0. The molecule has 0 saturated heterocycles. The summed E-state index contributed by atoms with van der Waals surface area (Å²) in [5, 5.41) is 18.5. The Morgan fingerprint density at radius 1 is 1.07 bits per heavy atom. The first-order valence-electron chi connectivity index (χ1n) is 5.25. The molecule has 15 heavy (non-hydrogen) atoms. The van der Waals surface area contributed by atoms with Crippen molar-refractivity contribution in [2.75, 3.05) is 6.61 Å². The quantitative estimate of drug-likeness (QED) is 0.279. The molecule has 82 valence electrons. The Morgan fingerprint density at radius 2 is 1.60 bits per heavy atom. The van der Waals surface area contributed by atoms with Gasteiger partial charge < -0.3 is 15.0 Å². The van der Waals surface area contributed by atoms with Crippen molar-refractivity contribution in [2.45, 2.75) is 44.9 Å². The van der Waals surface area contributed by atoms with E-state index in [0.29, 0.717) is 0 Å². The van der Waals surface area contributed by atoms with Gasteiger partial charge in [0.1, 0.15) is 0 Å². The number of rotatable bonds is 9. The molecule has 0 amide bonds. The molecule has 1 N–H and O–H groups in total. The molecule has 0 radical (unpaired) electrons. The van der Waals surface area contributed by atoms with Crippen LogP contribution < -0.4 is 34.7 Å². The van der Waals surface area contributed by atoms with Gasteiger partial charge in [0.2, 0.25) is 0 Å². The van der Waals surface area contributed by atoms with Crippen LogP contribution >= 0.6 is 0 Å². The molecule has 0 aliphatic rings. The molecule has 0 rings (SSSR count). The standard InChI is InChI=1S/C11H20O3.Na/c12-10-8-6-4-2-1-3-5-7-9-11(13)14;/h7,9,12H,1-6,8,10H2,(H,13,14);/q;+1/p-1/b9-7+;. The van der Waals surface area contributed by atoms with Gasteiger partial charge in [-0.1, -0.05) is 31.8 Å². The molecule has 0 atom stereocenters. The van der Waals surface area contributed by atoms with Crippen molar-refractivity contribution in [3.05, 3.63) is 12.2 Å². The van der Waals surface area contributed by atoms with E-state index in [2.05, 4.69) is 0 Å². The van der Waals surface area contributed by atoms with Crippen molar-refractivity contribution in [3.8, 4) is 0 Å². The maximum atomic E-state index is 9.98. The first-order chi connectivity index (χ1) is 6.77. The number of carbonyl (C=O) groups excluding carboxylic acids is 1. The molecular formula is C11H19NaO3. The second-order valence-corrected chi connectivity index (χ2v) is 3.36. The van der Waals surface area contributed by atoms with Gasteiger partial charge >= 0.3 is 29.6 Å². The van der Waals surface area contributed by atoms with Crippen LogP contribution in [0.4, 0.5) is 0 Å². The fourth-order valence-corrected chi connectivity index (χ4v) is 1.26. The monoisotopic (exact) mass is 222 g/mol. The number of hydrogen-bond donors (Lipinski definition) is 1. The first-order valence-corrected chi connectivity index (χ1v) is 5.25. The zero-order valence-corrected chi connectivity index (χ0v) is 11.6. The minimum atomic E-state index is -1.12. The predicted molar refractivity (Wildman–Crippen MR) is 53.6 cm³/mol. The fourth-order valence-electron chi connectivity index (χ4n) is 1.26. The molecule has 3 nitrogen and oxygen atoms in total. The second kappa shape index (κ2) is 14.2. The molecule has 0 bridgehead atoms. The molecule has 0 aliphatic heterocycles. The largest absolute Gasteiger partial charge is 1.00 e. The van der Waals surface area contributed by atoms with Gasteiger partial charge in [-0.25, -0.2) is 0 Å². The summed E-state index contributed by atoms with van der Waals surface area (Å²) in [4.78, 5) is 9.98. The minimum absolute atomic E-state index is 0. The van der Waals surface area contributed by atoms with Crippen molar-refractivity contribution in [1.82, 2.24) is 0 Å². The third-order valence-electron chi connectivity index (χ3n) is 2.03. The van der Waals surface area contributed by atoms with E-state index in [0.717, 1.165) is 44.6 Å². The van der Waals surface area contributed by atoms with Gasteiger partial charge in [0.15, 0.2) is 0 Å². The van der Waals surface area contributed by atoms with Crippen LogP contribution in [0.15, 0.2) is 12.2 Å². The van der Waals surface area contributed by atoms with Crippen molar-refractivity contribution in [3.63, 3.8) is 0 Å². The molecule has 4 heteroatoms. The number of carbonyl (C=O) groups is 1. The van der Waals surface area contributed by atoms with E-state index < -0.39 is 5.97 Å². The summed E-state index contributed by atoms with van der Waals surface area (Å²) < 4.78 is 0. The molecule has 0 heterocycles. The Morgan fingerprint density at radius 3 is 2.13 bits per heavy atom. The van der Waals surface area contributed by atoms with Crippen LogP contribution in [0.5, 0.6) is 0 Å². The zero-order valence-electron chi connectivity index (χ0n) is 9.58. The van der Waals surface area contributed by atoms with Crippen LogP contribution in [0.1, 0.15) is 44.9 Å². The van der Waals surface area contributed by atoms with Crippen LogP contribution in [-0.4, -0.2) is 17.7 Å². The second-order valence-electron chi connectivity index (χ2n) is 3.36. The zero-order chi connectivity index (χ0) is 10.6. The van der Waals surface area contributed by atoms with Crippen LogP contribution in [0, 0.1) is 0 Å². The van der Waals surface area contributed by atoms with E-state index in [1.54, 1.807) is 6.08 Å². The Labute approximate surface area is 114 Å². The Hall–Kier alpha value is 0.170. The fraction of sp³-hybridized carbons (Fsp3) is 0.727. The van der Waals surface area contributed by atoms with E-state index >= 15 is 0 Å². The van der Waals surface area contributed by atoms with Gasteiger partial charge in [0.05, 0.1) is 5.97 Å². The number of hydrogen-bond acceptors (Lipinski definition) is 3. The number of aliphatic hydroxyl groups is 1. The molecule has 0 aromatic rings. The Bertz CT molecular complexity index is 169. The van der Waals surface area contributed by atoms with E-state index in [1.165, 1.54) is 6.42 Å². The summed E-state index contributed by atoms with van der Waals surface area (Å²) in [6.45, 7) is 0.286. The number of aliphatic carboxylic acids is 1. The average Bonchev–Trinajstić information content (AvgIpc) is 2.15. The van der Waals surface area contributed by atoms with Crippen molar-refractivity contribution in [2.24, 2.45) is 0 Å². The normalized spacial score (nSPS) is 10.2. The van der Waals surface area contributed by atoms with Crippen LogP contribution in [0.3, 0.4) is 0 Å². The smallest absolute Gasteiger partial charge is 0.545 e. The molecule has 0 spiro atoms. The maximum absolute atomic E-state index is 9.98. The number of carboxylic acid groups (broad SMARTS) is 1. The molecule has 0 aliphatic carbocycles. The van der Waals surface area contributed by atoms with Crippen LogP contribution in [-0.2, 0) is 4.79 Å². The minimum Gasteiger partial charge on any atom is -0.545 e. The summed E-state index contributed by atoms with van der Waals surface area (Å²) in [7, 11) is 0. The summed E-state index contributed by atoms with van der Waals surface area (Å²) in [6, 6.07) is 0. The van der Waals surface area contributed by atoms with Crippen LogP contribution in [0.25, 0.3) is 0 Å². The summed E-state index contributed by atoms with van der Waals surface area (Å²) in [5.41, 5.74) is 0. The molecule has 0 unspecified atom stereocenters. The number of allylic oxidation sites excluding steroid dienone is 1. The average molecular weight is 222 g/mol. The van der Waals surface area contributed by atoms with E-state index in [9.17, 15) is 9.90 Å². The van der Waals surface area contributed by atoms with E-state index in [4.69, 9.17) is 5.11 Å². The number of aliphatic hydroxyl groups excluding tert-OH is 1. The van der Waals surface area contributed by atoms with Gasteiger partial charge in [-0.05, 0) is 25.3 Å². The predicted octanol–water partition coefficient (Wildman–Crippen LogP) is -1.98. The van der Waals surface area contributed by atoms with E-state index in [1.807, 2.05) is 0 Å². The van der Waals surface area contributed by atoms with Crippen LogP contribution in [0.2, 0.25) is 0 Å². The Kier molecular flexibility index (Phi) is 16.6. The SMILES string of the molecule is O=C([O-])/C=C/CCCCCCCCO.[Na+]. The molecule has 0 saturated carbocycles. The molecule has 0 aromatic heterocycles. The van der Waals surface area contributed by atoms with Gasteiger partial charge in [-0.2, -0.15) is 0 Å². The summed E-state index contributed by atoms with van der Waals surface area (Å²) >= 11 is 0. The van der Waals surface area contributed by atoms with Crippen molar-refractivity contribution in [1.29, 1.82) is 0 Å². The Balaban J connectivity index is 0. The van der Waals surface area contributed by atoms with Crippen molar-refractivity contribution < 1.29 is 44.6 Å². The summed E-state index contributed by atoms with van der Waals surface area (Å²) in [5.74, 6) is -1.12. The van der Waals surface area contributed by atoms with Crippen molar-refractivity contribution >= 4 is 5.97 Å². The van der Waals surface area contributed by atoms with Gasteiger partial charge in [-0.15, -0.1) is 0 Å². The van der Waals surface area contributed by atoms with Gasteiger partial charge in [0, 0.05) is 6.61 Å². The maximum Gasteiger partial charge on any atom is 1.00 e. The van der Waals surface area contributed by atoms with E-state index in [-0.39, 0.29) is 36.2 Å². The van der Waals surface area contributed by atoms with Gasteiger partial charge in [0.25, 0.3) is 0 Å². The third kappa shape index (κ3) is 16.8. The molecular weight excluding hydrogens is 203 g/mol. The first kappa shape index (κ1) is 17.6. The topological polar surface area (TPSA) is 60.4 Å². The molecule has 0 fully saturated rings. The third-order valence-corrected chi connectivity index (χ3v) is 2.03.